The minimum Gasteiger partial charge on any atom is -0.384 e. The predicted molar refractivity (Wildman–Crippen MR) is 82.1 cm³/mol. The zero-order valence-corrected chi connectivity index (χ0v) is 12.8. The fraction of sp³-hybridized carbons (Fsp3) is 0.333. The van der Waals surface area contributed by atoms with Gasteiger partial charge in [-0.25, -0.2) is 4.98 Å². The van der Waals surface area contributed by atoms with Gasteiger partial charge in [0.1, 0.15) is 12.4 Å². The van der Waals surface area contributed by atoms with Crippen LogP contribution in [0, 0.1) is 18.8 Å². The van der Waals surface area contributed by atoms with Crippen LogP contribution in [0.2, 0.25) is 0 Å². The van der Waals surface area contributed by atoms with Gasteiger partial charge in [0.05, 0.1) is 15.8 Å². The minimum absolute atomic E-state index is 0.136. The Morgan fingerprint density at radius 1 is 1.62 bits per heavy atom. The highest BCUT2D eigenvalue weighted by atomic mass is 32.1. The summed E-state index contributed by atoms with van der Waals surface area (Å²) < 4.78 is 0. The Hall–Kier alpha value is -2.10. The Labute approximate surface area is 127 Å². The Morgan fingerprint density at radius 3 is 3.05 bits per heavy atom. The molecular formula is C15H17N3O2S. The molecule has 110 valence electrons. The number of aliphatic hydroxyl groups excluding tert-OH is 1. The molecule has 3 N–H and O–H groups in total. The zero-order valence-electron chi connectivity index (χ0n) is 11.9. The van der Waals surface area contributed by atoms with E-state index in [2.05, 4.69) is 27.1 Å². The first-order valence-corrected chi connectivity index (χ1v) is 7.47. The van der Waals surface area contributed by atoms with Crippen molar-refractivity contribution in [3.8, 4) is 11.8 Å². The van der Waals surface area contributed by atoms with Gasteiger partial charge >= 0.3 is 0 Å². The van der Waals surface area contributed by atoms with Crippen molar-refractivity contribution in [1.82, 2.24) is 15.3 Å². The van der Waals surface area contributed by atoms with E-state index in [4.69, 9.17) is 5.11 Å². The number of aryl methyl sites for hydroxylation is 1. The average Bonchev–Trinajstić information content (AvgIpc) is 3.12. The molecule has 2 aromatic heterocycles. The van der Waals surface area contributed by atoms with Crippen molar-refractivity contribution in [3.63, 3.8) is 0 Å². The van der Waals surface area contributed by atoms with Gasteiger partial charge in [0.25, 0.3) is 5.91 Å². The predicted octanol–water partition coefficient (Wildman–Crippen LogP) is 2.00. The number of aromatic amines is 1. The lowest BCUT2D eigenvalue weighted by Crippen LogP contribution is -2.28. The number of nitrogens with zero attached hydrogens (tertiary/aromatic N) is 1. The molecule has 0 aliphatic rings. The maximum absolute atomic E-state index is 12.3. The highest BCUT2D eigenvalue weighted by Gasteiger charge is 2.18. The van der Waals surface area contributed by atoms with Crippen molar-refractivity contribution < 1.29 is 9.90 Å². The van der Waals surface area contributed by atoms with Crippen molar-refractivity contribution in [3.05, 3.63) is 39.6 Å². The normalized spacial score (nSPS) is 11.6. The van der Waals surface area contributed by atoms with Gasteiger partial charge in [-0.2, -0.15) is 0 Å². The van der Waals surface area contributed by atoms with Gasteiger partial charge in [-0.3, -0.25) is 4.79 Å². The number of imidazole rings is 1. The zero-order chi connectivity index (χ0) is 15.2. The number of thiophene rings is 1. The first-order valence-electron chi connectivity index (χ1n) is 6.66. The van der Waals surface area contributed by atoms with E-state index in [0.717, 1.165) is 22.7 Å². The number of hydrogen-bond acceptors (Lipinski definition) is 4. The fourth-order valence-electron chi connectivity index (χ4n) is 1.90. The van der Waals surface area contributed by atoms with E-state index in [1.807, 2.05) is 19.9 Å². The molecule has 2 aromatic rings. The number of carbonyl (C=O) groups excluding carboxylic acids is 1. The molecule has 21 heavy (non-hydrogen) atoms. The molecule has 0 saturated carbocycles. The monoisotopic (exact) mass is 303 g/mol. The van der Waals surface area contributed by atoms with Crippen molar-refractivity contribution in [1.29, 1.82) is 0 Å². The highest BCUT2D eigenvalue weighted by molar-refractivity contribution is 7.14. The quantitative estimate of drug-likeness (QED) is 0.756. The molecule has 1 amide bonds. The molecule has 1 atom stereocenters. The summed E-state index contributed by atoms with van der Waals surface area (Å²) in [7, 11) is 0. The number of aromatic nitrogens is 2. The second-order valence-electron chi connectivity index (χ2n) is 4.49. The lowest BCUT2D eigenvalue weighted by molar-refractivity contribution is 0.0938. The van der Waals surface area contributed by atoms with Crippen LogP contribution in [-0.4, -0.2) is 27.6 Å². The Balaban J connectivity index is 2.13. The van der Waals surface area contributed by atoms with E-state index >= 15 is 0 Å². The summed E-state index contributed by atoms with van der Waals surface area (Å²) in [6.45, 7) is 3.71. The third-order valence-electron chi connectivity index (χ3n) is 2.99. The van der Waals surface area contributed by atoms with Gasteiger partial charge in [0.2, 0.25) is 0 Å². The van der Waals surface area contributed by atoms with Crippen LogP contribution in [0.3, 0.4) is 0 Å². The SMILES string of the molecule is CCC(NC(=O)c1cc(C)c(C#CCO)s1)c1ncc[nH]1. The van der Waals surface area contributed by atoms with Crippen LogP contribution in [0.25, 0.3) is 0 Å². The second-order valence-corrected chi connectivity index (χ2v) is 5.54. The Morgan fingerprint density at radius 2 is 2.43 bits per heavy atom. The van der Waals surface area contributed by atoms with Gasteiger partial charge < -0.3 is 15.4 Å². The maximum Gasteiger partial charge on any atom is 0.261 e. The number of H-pyrrole nitrogens is 1. The largest absolute Gasteiger partial charge is 0.384 e. The second kappa shape index (κ2) is 7.07. The van der Waals surface area contributed by atoms with E-state index in [1.165, 1.54) is 11.3 Å². The van der Waals surface area contributed by atoms with Crippen LogP contribution >= 0.6 is 11.3 Å². The summed E-state index contributed by atoms with van der Waals surface area (Å²) in [6, 6.07) is 1.68. The molecule has 0 fully saturated rings. The lowest BCUT2D eigenvalue weighted by atomic mass is 10.2. The molecule has 0 aromatic carbocycles. The maximum atomic E-state index is 12.3. The van der Waals surface area contributed by atoms with E-state index in [0.29, 0.717) is 4.88 Å². The number of amides is 1. The number of carbonyl (C=O) groups is 1. The lowest BCUT2D eigenvalue weighted by Gasteiger charge is -2.13. The molecule has 0 bridgehead atoms. The first-order chi connectivity index (χ1) is 10.2. The van der Waals surface area contributed by atoms with E-state index < -0.39 is 0 Å². The van der Waals surface area contributed by atoms with Crippen LogP contribution in [0.15, 0.2) is 18.5 Å². The number of hydrogen-bond donors (Lipinski definition) is 3. The minimum atomic E-state index is -0.185. The molecule has 1 unspecified atom stereocenters. The Bertz CT molecular complexity index is 665. The van der Waals surface area contributed by atoms with Crippen molar-refractivity contribution in [2.24, 2.45) is 0 Å². The van der Waals surface area contributed by atoms with Gasteiger partial charge in [-0.15, -0.1) is 11.3 Å². The molecule has 2 rings (SSSR count). The number of aliphatic hydroxyl groups is 1. The third-order valence-corrected chi connectivity index (χ3v) is 4.14. The molecule has 5 nitrogen and oxygen atoms in total. The molecular weight excluding hydrogens is 286 g/mol. The summed E-state index contributed by atoms with van der Waals surface area (Å²) in [4.78, 5) is 20.9. The van der Waals surface area contributed by atoms with E-state index in [1.54, 1.807) is 12.4 Å². The van der Waals surface area contributed by atoms with Crippen LogP contribution in [0.4, 0.5) is 0 Å². The summed E-state index contributed by atoms with van der Waals surface area (Å²) >= 11 is 1.33. The molecule has 0 radical (unpaired) electrons. The topological polar surface area (TPSA) is 78.0 Å². The number of rotatable bonds is 4. The highest BCUT2D eigenvalue weighted by Crippen LogP contribution is 2.22. The van der Waals surface area contributed by atoms with Gasteiger partial charge in [0.15, 0.2) is 0 Å². The van der Waals surface area contributed by atoms with Crippen LogP contribution in [-0.2, 0) is 0 Å². The summed E-state index contributed by atoms with van der Waals surface area (Å²) in [5, 5.41) is 11.7. The molecule has 0 spiro atoms. The molecule has 0 aliphatic carbocycles. The van der Waals surface area contributed by atoms with Crippen molar-refractivity contribution in [2.45, 2.75) is 26.3 Å². The van der Waals surface area contributed by atoms with Crippen LogP contribution < -0.4 is 5.32 Å². The smallest absolute Gasteiger partial charge is 0.261 e. The van der Waals surface area contributed by atoms with Gasteiger partial charge in [-0.1, -0.05) is 18.8 Å². The summed E-state index contributed by atoms with van der Waals surface area (Å²) in [5.74, 6) is 6.07. The summed E-state index contributed by atoms with van der Waals surface area (Å²) in [5.41, 5.74) is 0.942. The molecule has 0 saturated heterocycles. The van der Waals surface area contributed by atoms with Crippen molar-refractivity contribution >= 4 is 17.2 Å². The van der Waals surface area contributed by atoms with E-state index in [-0.39, 0.29) is 18.6 Å². The fourth-order valence-corrected chi connectivity index (χ4v) is 2.85. The van der Waals surface area contributed by atoms with Crippen LogP contribution in [0.5, 0.6) is 0 Å². The molecule has 0 aliphatic heterocycles. The molecule has 2 heterocycles. The van der Waals surface area contributed by atoms with E-state index in [9.17, 15) is 4.79 Å². The molecule has 6 heteroatoms. The summed E-state index contributed by atoms with van der Waals surface area (Å²) in [6.07, 6.45) is 4.16. The van der Waals surface area contributed by atoms with Gasteiger partial charge in [0, 0.05) is 12.4 Å². The Kier molecular flexibility index (Phi) is 5.14. The van der Waals surface area contributed by atoms with Crippen LogP contribution in [0.1, 0.15) is 45.3 Å². The third kappa shape index (κ3) is 3.72. The first kappa shape index (κ1) is 15.3. The standard InChI is InChI=1S/C15H17N3O2S/c1-3-11(14-16-6-7-17-14)18-15(20)13-9-10(2)12(21-13)5-4-8-19/h6-7,9,11,19H,3,8H2,1-2H3,(H,16,17)(H,18,20). The van der Waals surface area contributed by atoms with Crippen molar-refractivity contribution in [2.75, 3.05) is 6.61 Å². The average molecular weight is 303 g/mol. The number of nitrogens with one attached hydrogen (secondary N) is 2. The van der Waals surface area contributed by atoms with Gasteiger partial charge in [-0.05, 0) is 25.0 Å².